The number of hydrogen-bond donors (Lipinski definition) is 0. The molecule has 0 aliphatic rings. The average molecular weight is 360 g/mol. The molecule has 0 spiro atoms. The fourth-order valence-electron chi connectivity index (χ4n) is 3.03. The minimum atomic E-state index is -0.895. The Balaban J connectivity index is 2.27. The molecular weight excluding hydrogens is 344 g/mol. The number of aromatic nitrogens is 1. The second kappa shape index (κ2) is 6.45. The van der Waals surface area contributed by atoms with E-state index in [1.54, 1.807) is 12.1 Å². The van der Waals surface area contributed by atoms with Gasteiger partial charge in [-0.2, -0.15) is 0 Å². The molecule has 0 fully saturated rings. The summed E-state index contributed by atoms with van der Waals surface area (Å²) < 4.78 is 30.1. The Hall–Kier alpha value is -2.46. The van der Waals surface area contributed by atoms with Gasteiger partial charge in [-0.1, -0.05) is 17.7 Å². The first-order valence-corrected chi connectivity index (χ1v) is 8.13. The lowest BCUT2D eigenvalue weighted by molar-refractivity contribution is 0.103. The van der Waals surface area contributed by atoms with Crippen LogP contribution in [0.15, 0.2) is 42.5 Å². The largest absolute Gasteiger partial charge is 0.317 e. The van der Waals surface area contributed by atoms with Gasteiger partial charge >= 0.3 is 0 Å². The van der Waals surface area contributed by atoms with Gasteiger partial charge in [-0.3, -0.25) is 4.79 Å². The molecule has 1 aromatic heterocycles. The highest BCUT2D eigenvalue weighted by Gasteiger charge is 2.23. The molecule has 3 aromatic rings. The summed E-state index contributed by atoms with van der Waals surface area (Å²) in [6, 6.07) is 10.1. The van der Waals surface area contributed by atoms with E-state index in [9.17, 15) is 13.6 Å². The number of rotatable bonds is 3. The van der Waals surface area contributed by atoms with Crippen molar-refractivity contribution in [2.24, 2.45) is 0 Å². The lowest BCUT2D eigenvalue weighted by atomic mass is 10.00. The topological polar surface area (TPSA) is 22.0 Å². The maximum absolute atomic E-state index is 14.1. The van der Waals surface area contributed by atoms with Crippen molar-refractivity contribution in [3.05, 3.63) is 87.2 Å². The highest BCUT2D eigenvalue weighted by Crippen LogP contribution is 2.28. The molecule has 0 saturated heterocycles. The summed E-state index contributed by atoms with van der Waals surface area (Å²) in [5, 5.41) is 0.322. The van der Waals surface area contributed by atoms with Crippen LogP contribution in [0.25, 0.3) is 5.69 Å². The lowest BCUT2D eigenvalue weighted by Crippen LogP contribution is -2.12. The first-order chi connectivity index (χ1) is 11.8. The van der Waals surface area contributed by atoms with Crippen LogP contribution in [0.1, 0.15) is 32.9 Å². The number of carbonyl (C=O) groups excluding carboxylic acids is 1. The number of aryl methyl sites for hydroxylation is 2. The monoisotopic (exact) mass is 359 g/mol. The van der Waals surface area contributed by atoms with Crippen molar-refractivity contribution < 1.29 is 13.6 Å². The summed E-state index contributed by atoms with van der Waals surface area (Å²) in [7, 11) is 0. The second-order valence-corrected chi connectivity index (χ2v) is 6.41. The molecule has 1 heterocycles. The molecule has 0 N–H and O–H groups in total. The number of hydrogen-bond acceptors (Lipinski definition) is 1. The minimum absolute atomic E-state index is 0.151. The standard InChI is InChI=1S/C20H16ClF2NO/c1-11-9-12(2)24(13(11)3)18-8-7-14(21)10-15(18)20(25)19-16(22)5-4-6-17(19)23/h4-10H,1-3H3. The van der Waals surface area contributed by atoms with E-state index in [1.807, 2.05) is 31.4 Å². The van der Waals surface area contributed by atoms with Crippen molar-refractivity contribution in [3.63, 3.8) is 0 Å². The minimum Gasteiger partial charge on any atom is -0.317 e. The number of halogens is 3. The summed E-state index contributed by atoms with van der Waals surface area (Å²) >= 11 is 6.05. The Morgan fingerprint density at radius 1 is 1.00 bits per heavy atom. The van der Waals surface area contributed by atoms with E-state index >= 15 is 0 Å². The van der Waals surface area contributed by atoms with Crippen LogP contribution in [0.2, 0.25) is 5.02 Å². The van der Waals surface area contributed by atoms with Crippen molar-refractivity contribution in [1.29, 1.82) is 0 Å². The summed E-state index contributed by atoms with van der Waals surface area (Å²) in [4.78, 5) is 12.9. The van der Waals surface area contributed by atoms with Crippen molar-refractivity contribution in [2.45, 2.75) is 20.8 Å². The van der Waals surface area contributed by atoms with Crippen LogP contribution in [0.4, 0.5) is 8.78 Å². The molecule has 0 atom stereocenters. The molecule has 0 saturated carbocycles. The van der Waals surface area contributed by atoms with Gasteiger partial charge in [0.05, 0.1) is 11.3 Å². The summed E-state index contributed by atoms with van der Waals surface area (Å²) in [5.41, 5.74) is 3.04. The number of carbonyl (C=O) groups is 1. The second-order valence-electron chi connectivity index (χ2n) is 5.98. The van der Waals surface area contributed by atoms with E-state index in [2.05, 4.69) is 0 Å². The SMILES string of the molecule is Cc1cc(C)n(-c2ccc(Cl)cc2C(=O)c2c(F)cccc2F)c1C. The molecule has 25 heavy (non-hydrogen) atoms. The molecule has 0 unspecified atom stereocenters. The van der Waals surface area contributed by atoms with Gasteiger partial charge in [0.15, 0.2) is 0 Å². The number of benzene rings is 2. The third-order valence-corrected chi connectivity index (χ3v) is 4.55. The third-order valence-electron chi connectivity index (χ3n) is 4.32. The molecule has 5 heteroatoms. The third kappa shape index (κ3) is 2.98. The van der Waals surface area contributed by atoms with Crippen molar-refractivity contribution in [1.82, 2.24) is 4.57 Å². The van der Waals surface area contributed by atoms with Crippen LogP contribution in [-0.2, 0) is 0 Å². The summed E-state index contributed by atoms with van der Waals surface area (Å²) in [6.07, 6.45) is 0. The Kier molecular flexibility index (Phi) is 4.48. The molecule has 3 rings (SSSR count). The average Bonchev–Trinajstić information content (AvgIpc) is 2.80. The first kappa shape index (κ1) is 17.4. The maximum Gasteiger partial charge on any atom is 0.201 e. The smallest absolute Gasteiger partial charge is 0.201 e. The zero-order valence-electron chi connectivity index (χ0n) is 14.0. The maximum atomic E-state index is 14.1. The highest BCUT2D eigenvalue weighted by atomic mass is 35.5. The van der Waals surface area contributed by atoms with Crippen molar-refractivity contribution in [2.75, 3.05) is 0 Å². The van der Waals surface area contributed by atoms with Gasteiger partial charge in [0, 0.05) is 22.0 Å². The fraction of sp³-hybridized carbons (Fsp3) is 0.150. The van der Waals surface area contributed by atoms with E-state index in [1.165, 1.54) is 12.1 Å². The summed E-state index contributed by atoms with van der Waals surface area (Å²) in [5.74, 6) is -2.53. The van der Waals surface area contributed by atoms with Gasteiger partial charge in [0.2, 0.25) is 5.78 Å². The van der Waals surface area contributed by atoms with Crippen LogP contribution in [0, 0.1) is 32.4 Å². The van der Waals surface area contributed by atoms with Gasteiger partial charge in [-0.15, -0.1) is 0 Å². The van der Waals surface area contributed by atoms with Gasteiger partial charge < -0.3 is 4.57 Å². The van der Waals surface area contributed by atoms with E-state index in [-0.39, 0.29) is 5.56 Å². The Labute approximate surface area is 149 Å². The molecule has 0 aliphatic carbocycles. The van der Waals surface area contributed by atoms with Crippen LogP contribution in [0.3, 0.4) is 0 Å². The molecule has 0 aliphatic heterocycles. The van der Waals surface area contributed by atoms with Crippen LogP contribution < -0.4 is 0 Å². The van der Waals surface area contributed by atoms with Gasteiger partial charge in [-0.25, -0.2) is 8.78 Å². The van der Waals surface area contributed by atoms with Crippen LogP contribution in [-0.4, -0.2) is 10.4 Å². The van der Waals surface area contributed by atoms with Crippen molar-refractivity contribution >= 4 is 17.4 Å². The number of nitrogens with zero attached hydrogens (tertiary/aromatic N) is 1. The quantitative estimate of drug-likeness (QED) is 0.561. The zero-order valence-corrected chi connectivity index (χ0v) is 14.8. The Morgan fingerprint density at radius 2 is 1.64 bits per heavy atom. The molecule has 2 aromatic carbocycles. The van der Waals surface area contributed by atoms with E-state index in [0.717, 1.165) is 29.1 Å². The van der Waals surface area contributed by atoms with E-state index < -0.39 is 23.0 Å². The molecule has 0 bridgehead atoms. The fourth-order valence-corrected chi connectivity index (χ4v) is 3.20. The predicted molar refractivity (Wildman–Crippen MR) is 94.8 cm³/mol. The Morgan fingerprint density at radius 3 is 2.20 bits per heavy atom. The molecule has 128 valence electrons. The van der Waals surface area contributed by atoms with Gasteiger partial charge in [0.25, 0.3) is 0 Å². The highest BCUT2D eigenvalue weighted by molar-refractivity contribution is 6.31. The lowest BCUT2D eigenvalue weighted by Gasteiger charge is -2.15. The van der Waals surface area contributed by atoms with E-state index in [0.29, 0.717) is 10.7 Å². The Bertz CT molecular complexity index is 971. The first-order valence-electron chi connectivity index (χ1n) is 7.75. The predicted octanol–water partition coefficient (Wildman–Crippen LogP) is 5.57. The molecular formula is C20H16ClF2NO. The van der Waals surface area contributed by atoms with E-state index in [4.69, 9.17) is 11.6 Å². The molecule has 0 amide bonds. The van der Waals surface area contributed by atoms with Crippen molar-refractivity contribution in [3.8, 4) is 5.69 Å². The normalized spacial score (nSPS) is 11.0. The van der Waals surface area contributed by atoms with Gasteiger partial charge in [0.1, 0.15) is 11.6 Å². The summed E-state index contributed by atoms with van der Waals surface area (Å²) in [6.45, 7) is 5.80. The van der Waals surface area contributed by atoms with Crippen LogP contribution >= 0.6 is 11.6 Å². The van der Waals surface area contributed by atoms with Crippen LogP contribution in [0.5, 0.6) is 0 Å². The number of ketones is 1. The zero-order chi connectivity index (χ0) is 18.3. The van der Waals surface area contributed by atoms with Gasteiger partial charge in [-0.05, 0) is 62.7 Å². The molecule has 2 nitrogen and oxygen atoms in total. The molecule has 0 radical (unpaired) electrons.